The molecule has 0 fully saturated rings. The van der Waals surface area contributed by atoms with Crippen LogP contribution in [0.1, 0.15) is 19.5 Å². The maximum atomic E-state index is 6.35. The first kappa shape index (κ1) is 13.6. The molecular formula is C14H15BrClNO. The first-order chi connectivity index (χ1) is 8.52. The zero-order valence-electron chi connectivity index (χ0n) is 10.6. The summed E-state index contributed by atoms with van der Waals surface area (Å²) < 4.78 is 6.29. The van der Waals surface area contributed by atoms with Gasteiger partial charge in [0.15, 0.2) is 0 Å². The number of benzene rings is 1. The fourth-order valence-electron chi connectivity index (χ4n) is 1.97. The summed E-state index contributed by atoms with van der Waals surface area (Å²) >= 11 is 9.86. The van der Waals surface area contributed by atoms with E-state index in [0.29, 0.717) is 10.9 Å². The van der Waals surface area contributed by atoms with Crippen molar-refractivity contribution in [2.45, 2.75) is 20.3 Å². The Labute approximate surface area is 120 Å². The SMILES string of the molecule is COc1ccc(Br)c2c(Cl)cc(CC(C)C)nc12. The molecule has 1 aromatic heterocycles. The fourth-order valence-corrected chi connectivity index (χ4v) is 2.93. The van der Waals surface area contributed by atoms with Gasteiger partial charge in [0.2, 0.25) is 0 Å². The molecule has 0 atom stereocenters. The summed E-state index contributed by atoms with van der Waals surface area (Å²) in [7, 11) is 1.65. The highest BCUT2D eigenvalue weighted by Gasteiger charge is 2.12. The number of hydrogen-bond donors (Lipinski definition) is 0. The normalized spacial score (nSPS) is 11.2. The van der Waals surface area contributed by atoms with Gasteiger partial charge in [-0.25, -0.2) is 4.98 Å². The summed E-state index contributed by atoms with van der Waals surface area (Å²) in [5.74, 6) is 1.30. The van der Waals surface area contributed by atoms with Crippen molar-refractivity contribution in [3.05, 3.63) is 33.4 Å². The topological polar surface area (TPSA) is 22.1 Å². The lowest BCUT2D eigenvalue weighted by Gasteiger charge is -2.11. The van der Waals surface area contributed by atoms with Crippen molar-refractivity contribution >= 4 is 38.4 Å². The van der Waals surface area contributed by atoms with Gasteiger partial charge in [-0.1, -0.05) is 41.4 Å². The maximum Gasteiger partial charge on any atom is 0.145 e. The Hall–Kier alpha value is -0.800. The lowest BCUT2D eigenvalue weighted by molar-refractivity contribution is 0.418. The predicted octanol–water partition coefficient (Wildman–Crippen LogP) is 4.86. The molecule has 0 radical (unpaired) electrons. The summed E-state index contributed by atoms with van der Waals surface area (Å²) in [5.41, 5.74) is 1.81. The number of rotatable bonds is 3. The molecule has 18 heavy (non-hydrogen) atoms. The minimum Gasteiger partial charge on any atom is -0.494 e. The van der Waals surface area contributed by atoms with Gasteiger partial charge in [-0.15, -0.1) is 0 Å². The van der Waals surface area contributed by atoms with E-state index in [9.17, 15) is 0 Å². The molecule has 2 rings (SSSR count). The molecule has 0 aliphatic carbocycles. The summed E-state index contributed by atoms with van der Waals surface area (Å²) in [6.07, 6.45) is 0.908. The third-order valence-corrected chi connectivity index (χ3v) is 3.67. The Morgan fingerprint density at radius 2 is 2.11 bits per heavy atom. The number of nitrogens with zero attached hydrogens (tertiary/aromatic N) is 1. The lowest BCUT2D eigenvalue weighted by atomic mass is 10.1. The van der Waals surface area contributed by atoms with Crippen molar-refractivity contribution in [1.29, 1.82) is 0 Å². The van der Waals surface area contributed by atoms with E-state index in [1.54, 1.807) is 7.11 Å². The summed E-state index contributed by atoms with van der Waals surface area (Å²) in [6, 6.07) is 5.76. The van der Waals surface area contributed by atoms with Crippen LogP contribution in [0.15, 0.2) is 22.7 Å². The van der Waals surface area contributed by atoms with Crippen LogP contribution in [0.2, 0.25) is 5.02 Å². The molecule has 96 valence electrons. The molecule has 0 amide bonds. The second-order valence-corrected chi connectivity index (χ2v) is 5.93. The average molecular weight is 329 g/mol. The van der Waals surface area contributed by atoms with Crippen LogP contribution in [0.3, 0.4) is 0 Å². The largest absolute Gasteiger partial charge is 0.494 e. The van der Waals surface area contributed by atoms with Gasteiger partial charge in [0.25, 0.3) is 0 Å². The number of aromatic nitrogens is 1. The van der Waals surface area contributed by atoms with Gasteiger partial charge < -0.3 is 4.74 Å². The first-order valence-corrected chi connectivity index (χ1v) is 7.01. The molecule has 4 heteroatoms. The molecule has 1 heterocycles. The molecule has 2 nitrogen and oxygen atoms in total. The van der Waals surface area contributed by atoms with Gasteiger partial charge >= 0.3 is 0 Å². The molecule has 0 bridgehead atoms. The second-order valence-electron chi connectivity index (χ2n) is 4.67. The second kappa shape index (κ2) is 5.45. The molecular weight excluding hydrogens is 314 g/mol. The number of fused-ring (bicyclic) bond motifs is 1. The zero-order chi connectivity index (χ0) is 13.3. The molecule has 1 aromatic carbocycles. The third-order valence-electron chi connectivity index (χ3n) is 2.71. The molecule has 0 unspecified atom stereocenters. The van der Waals surface area contributed by atoms with E-state index in [0.717, 1.165) is 33.2 Å². The van der Waals surface area contributed by atoms with E-state index in [1.165, 1.54) is 0 Å². The molecule has 0 spiro atoms. The van der Waals surface area contributed by atoms with Crippen LogP contribution in [-0.4, -0.2) is 12.1 Å². The molecule has 0 N–H and O–H groups in total. The van der Waals surface area contributed by atoms with Gasteiger partial charge in [0, 0.05) is 15.6 Å². The van der Waals surface area contributed by atoms with E-state index < -0.39 is 0 Å². The Morgan fingerprint density at radius 3 is 2.72 bits per heavy atom. The Bertz CT molecular complexity index is 584. The van der Waals surface area contributed by atoms with Crippen LogP contribution in [-0.2, 0) is 6.42 Å². The standard InChI is InChI=1S/C14H15BrClNO/c1-8(2)6-9-7-11(16)13-10(15)4-5-12(18-3)14(13)17-9/h4-5,7-8H,6H2,1-3H3. The van der Waals surface area contributed by atoms with Crippen LogP contribution in [0, 0.1) is 5.92 Å². The van der Waals surface area contributed by atoms with Gasteiger partial charge in [-0.3, -0.25) is 0 Å². The highest BCUT2D eigenvalue weighted by molar-refractivity contribution is 9.10. The van der Waals surface area contributed by atoms with Gasteiger partial charge in [-0.2, -0.15) is 0 Å². The molecule has 2 aromatic rings. The monoisotopic (exact) mass is 327 g/mol. The number of halogens is 2. The van der Waals surface area contributed by atoms with Crippen molar-refractivity contribution in [2.24, 2.45) is 5.92 Å². The van der Waals surface area contributed by atoms with Crippen molar-refractivity contribution in [1.82, 2.24) is 4.98 Å². The predicted molar refractivity (Wildman–Crippen MR) is 79.5 cm³/mol. The molecule has 0 aliphatic rings. The van der Waals surface area contributed by atoms with Gasteiger partial charge in [0.05, 0.1) is 12.1 Å². The lowest BCUT2D eigenvalue weighted by Crippen LogP contribution is -1.99. The maximum absolute atomic E-state index is 6.35. The summed E-state index contributed by atoms with van der Waals surface area (Å²) in [4.78, 5) is 4.67. The van der Waals surface area contributed by atoms with Crippen molar-refractivity contribution in [3.63, 3.8) is 0 Å². The molecule has 0 saturated heterocycles. The Kier molecular flexibility index (Phi) is 4.13. The minimum absolute atomic E-state index is 0.546. The summed E-state index contributed by atoms with van der Waals surface area (Å²) in [5, 5.41) is 1.62. The summed E-state index contributed by atoms with van der Waals surface area (Å²) in [6.45, 7) is 4.33. The van der Waals surface area contributed by atoms with Crippen LogP contribution in [0.25, 0.3) is 10.9 Å². The van der Waals surface area contributed by atoms with Crippen molar-refractivity contribution in [3.8, 4) is 5.75 Å². The van der Waals surface area contributed by atoms with E-state index >= 15 is 0 Å². The van der Waals surface area contributed by atoms with Gasteiger partial charge in [0.1, 0.15) is 11.3 Å². The number of ether oxygens (including phenoxy) is 1. The number of hydrogen-bond acceptors (Lipinski definition) is 2. The Balaban J connectivity index is 2.69. The van der Waals surface area contributed by atoms with Crippen molar-refractivity contribution in [2.75, 3.05) is 7.11 Å². The van der Waals surface area contributed by atoms with E-state index in [4.69, 9.17) is 16.3 Å². The highest BCUT2D eigenvalue weighted by Crippen LogP contribution is 2.35. The van der Waals surface area contributed by atoms with E-state index in [2.05, 4.69) is 34.8 Å². The average Bonchev–Trinajstić information content (AvgIpc) is 2.28. The van der Waals surface area contributed by atoms with E-state index in [-0.39, 0.29) is 0 Å². The zero-order valence-corrected chi connectivity index (χ0v) is 13.0. The molecule has 0 saturated carbocycles. The van der Waals surface area contributed by atoms with Crippen LogP contribution >= 0.6 is 27.5 Å². The van der Waals surface area contributed by atoms with Crippen molar-refractivity contribution < 1.29 is 4.74 Å². The molecule has 0 aliphatic heterocycles. The Morgan fingerprint density at radius 1 is 1.39 bits per heavy atom. The first-order valence-electron chi connectivity index (χ1n) is 5.84. The van der Waals surface area contributed by atoms with Crippen LogP contribution < -0.4 is 4.74 Å². The number of pyridine rings is 1. The van der Waals surface area contributed by atoms with E-state index in [1.807, 2.05) is 18.2 Å². The highest BCUT2D eigenvalue weighted by atomic mass is 79.9. The third kappa shape index (κ3) is 2.62. The fraction of sp³-hybridized carbons (Fsp3) is 0.357. The van der Waals surface area contributed by atoms with Crippen LogP contribution in [0.4, 0.5) is 0 Å². The quantitative estimate of drug-likeness (QED) is 0.803. The smallest absolute Gasteiger partial charge is 0.145 e. The van der Waals surface area contributed by atoms with Crippen LogP contribution in [0.5, 0.6) is 5.75 Å². The minimum atomic E-state index is 0.546. The van der Waals surface area contributed by atoms with Gasteiger partial charge in [-0.05, 0) is 30.5 Å². The number of methoxy groups -OCH3 is 1.